The van der Waals surface area contributed by atoms with Crippen molar-refractivity contribution in [2.75, 3.05) is 11.9 Å². The van der Waals surface area contributed by atoms with Crippen LogP contribution < -0.4 is 5.32 Å². The second kappa shape index (κ2) is 6.20. The van der Waals surface area contributed by atoms with Crippen LogP contribution in [0.2, 0.25) is 0 Å². The maximum absolute atomic E-state index is 13.1. The summed E-state index contributed by atoms with van der Waals surface area (Å²) >= 11 is 0. The highest BCUT2D eigenvalue weighted by molar-refractivity contribution is 5.97. The van der Waals surface area contributed by atoms with E-state index in [1.165, 1.54) is 6.07 Å². The molecular weight excluding hydrogens is 278 g/mol. The Morgan fingerprint density at radius 1 is 1.43 bits per heavy atom. The molecule has 1 aliphatic rings. The van der Waals surface area contributed by atoms with Crippen molar-refractivity contribution < 1.29 is 18.4 Å². The van der Waals surface area contributed by atoms with Gasteiger partial charge in [0.05, 0.1) is 5.92 Å². The predicted molar refractivity (Wildman–Crippen MR) is 74.6 cm³/mol. The summed E-state index contributed by atoms with van der Waals surface area (Å²) in [5, 5.41) is 2.53. The fraction of sp³-hybridized carbons (Fsp3) is 0.467. The number of rotatable bonds is 4. The number of carbonyl (C=O) groups is 2. The Kier molecular flexibility index (Phi) is 4.55. The zero-order chi connectivity index (χ0) is 15.6. The number of amides is 2. The first-order valence-electron chi connectivity index (χ1n) is 6.97. The second-order valence-corrected chi connectivity index (χ2v) is 5.32. The van der Waals surface area contributed by atoms with Crippen molar-refractivity contribution in [2.24, 2.45) is 5.92 Å². The van der Waals surface area contributed by atoms with Crippen molar-refractivity contribution in [2.45, 2.75) is 32.7 Å². The SMILES string of the molecule is CCC(C)N1CC(C(=O)Nc2ccc(F)c(F)c2)CC1=O. The van der Waals surface area contributed by atoms with E-state index in [9.17, 15) is 18.4 Å². The molecule has 6 heteroatoms. The van der Waals surface area contributed by atoms with Gasteiger partial charge in [0.15, 0.2) is 11.6 Å². The molecule has 1 heterocycles. The lowest BCUT2D eigenvalue weighted by molar-refractivity contribution is -0.129. The van der Waals surface area contributed by atoms with E-state index in [1.807, 2.05) is 13.8 Å². The minimum Gasteiger partial charge on any atom is -0.339 e. The molecule has 21 heavy (non-hydrogen) atoms. The molecule has 2 rings (SSSR count). The standard InChI is InChI=1S/C15H18F2N2O2/c1-3-9(2)19-8-10(6-14(19)20)15(21)18-11-4-5-12(16)13(17)7-11/h4-5,7,9-10H,3,6,8H2,1-2H3,(H,18,21). The van der Waals surface area contributed by atoms with E-state index in [1.54, 1.807) is 4.90 Å². The molecule has 1 aromatic rings. The van der Waals surface area contributed by atoms with Crippen LogP contribution in [0.5, 0.6) is 0 Å². The molecule has 1 saturated heterocycles. The molecule has 0 aromatic heterocycles. The smallest absolute Gasteiger partial charge is 0.229 e. The predicted octanol–water partition coefficient (Wildman–Crippen LogP) is 2.55. The summed E-state index contributed by atoms with van der Waals surface area (Å²) < 4.78 is 25.9. The minimum absolute atomic E-state index is 0.0465. The Balaban J connectivity index is 2.01. The number of carbonyl (C=O) groups excluding carboxylic acids is 2. The first-order valence-corrected chi connectivity index (χ1v) is 6.97. The number of anilines is 1. The molecule has 4 nitrogen and oxygen atoms in total. The lowest BCUT2D eigenvalue weighted by Crippen LogP contribution is -2.35. The summed E-state index contributed by atoms with van der Waals surface area (Å²) in [5.74, 6) is -2.84. The molecule has 1 aromatic carbocycles. The Bertz CT molecular complexity index is 563. The second-order valence-electron chi connectivity index (χ2n) is 5.32. The summed E-state index contributed by atoms with van der Waals surface area (Å²) in [7, 11) is 0. The van der Waals surface area contributed by atoms with Crippen LogP contribution in [0.4, 0.5) is 14.5 Å². The van der Waals surface area contributed by atoms with Gasteiger partial charge in [-0.05, 0) is 25.5 Å². The van der Waals surface area contributed by atoms with Gasteiger partial charge in [-0.3, -0.25) is 9.59 Å². The Hall–Kier alpha value is -1.98. The monoisotopic (exact) mass is 296 g/mol. The third kappa shape index (κ3) is 3.37. The van der Waals surface area contributed by atoms with Gasteiger partial charge in [-0.2, -0.15) is 0 Å². The number of hydrogen-bond donors (Lipinski definition) is 1. The number of hydrogen-bond acceptors (Lipinski definition) is 2. The Labute approximate surface area is 122 Å². The molecule has 0 saturated carbocycles. The summed E-state index contributed by atoms with van der Waals surface area (Å²) in [6, 6.07) is 3.27. The van der Waals surface area contributed by atoms with E-state index in [2.05, 4.69) is 5.32 Å². The zero-order valence-corrected chi connectivity index (χ0v) is 12.0. The van der Waals surface area contributed by atoms with Crippen molar-refractivity contribution in [3.8, 4) is 0 Å². The molecule has 1 aliphatic heterocycles. The van der Waals surface area contributed by atoms with E-state index in [-0.39, 0.29) is 30.0 Å². The van der Waals surface area contributed by atoms with Gasteiger partial charge in [0.25, 0.3) is 0 Å². The molecule has 1 N–H and O–H groups in total. The van der Waals surface area contributed by atoms with Gasteiger partial charge in [-0.15, -0.1) is 0 Å². The van der Waals surface area contributed by atoms with E-state index < -0.39 is 17.6 Å². The van der Waals surface area contributed by atoms with E-state index in [0.29, 0.717) is 6.54 Å². The largest absolute Gasteiger partial charge is 0.339 e. The molecule has 2 atom stereocenters. The van der Waals surface area contributed by atoms with Gasteiger partial charge < -0.3 is 10.2 Å². The highest BCUT2D eigenvalue weighted by Gasteiger charge is 2.36. The fourth-order valence-corrected chi connectivity index (χ4v) is 2.37. The highest BCUT2D eigenvalue weighted by Crippen LogP contribution is 2.23. The lowest BCUT2D eigenvalue weighted by atomic mass is 10.1. The van der Waals surface area contributed by atoms with E-state index in [4.69, 9.17) is 0 Å². The first-order chi connectivity index (χ1) is 9.92. The maximum Gasteiger partial charge on any atom is 0.229 e. The van der Waals surface area contributed by atoms with Crippen LogP contribution in [-0.4, -0.2) is 29.3 Å². The first kappa shape index (κ1) is 15.4. The van der Waals surface area contributed by atoms with Crippen LogP contribution in [0.1, 0.15) is 26.7 Å². The average Bonchev–Trinajstić information content (AvgIpc) is 2.84. The molecule has 114 valence electrons. The van der Waals surface area contributed by atoms with E-state index in [0.717, 1.165) is 18.6 Å². The van der Waals surface area contributed by atoms with E-state index >= 15 is 0 Å². The van der Waals surface area contributed by atoms with Crippen LogP contribution in [0, 0.1) is 17.6 Å². The van der Waals surface area contributed by atoms with Crippen LogP contribution in [0.15, 0.2) is 18.2 Å². The number of nitrogens with zero attached hydrogens (tertiary/aromatic N) is 1. The summed E-state index contributed by atoms with van der Waals surface area (Å²) in [6.07, 6.45) is 0.975. The van der Waals surface area contributed by atoms with Gasteiger partial charge in [-0.25, -0.2) is 8.78 Å². The summed E-state index contributed by atoms with van der Waals surface area (Å²) in [6.45, 7) is 4.28. The average molecular weight is 296 g/mol. The molecule has 0 radical (unpaired) electrons. The molecule has 2 unspecified atom stereocenters. The van der Waals surface area contributed by atoms with Crippen molar-refractivity contribution in [1.29, 1.82) is 0 Å². The third-order valence-electron chi connectivity index (χ3n) is 3.84. The van der Waals surface area contributed by atoms with Crippen LogP contribution in [-0.2, 0) is 9.59 Å². The van der Waals surface area contributed by atoms with Crippen molar-refractivity contribution in [3.63, 3.8) is 0 Å². The van der Waals surface area contributed by atoms with Crippen molar-refractivity contribution in [3.05, 3.63) is 29.8 Å². The topological polar surface area (TPSA) is 49.4 Å². The third-order valence-corrected chi connectivity index (χ3v) is 3.84. The molecule has 0 bridgehead atoms. The number of nitrogens with one attached hydrogen (secondary N) is 1. The van der Waals surface area contributed by atoms with Gasteiger partial charge in [0.1, 0.15) is 0 Å². The molecule has 1 fully saturated rings. The minimum atomic E-state index is -1.02. The Morgan fingerprint density at radius 3 is 2.76 bits per heavy atom. The van der Waals surface area contributed by atoms with Crippen LogP contribution in [0.3, 0.4) is 0 Å². The van der Waals surface area contributed by atoms with Gasteiger partial charge >= 0.3 is 0 Å². The number of halogens is 2. The van der Waals surface area contributed by atoms with Gasteiger partial charge in [0.2, 0.25) is 11.8 Å². The Morgan fingerprint density at radius 2 is 2.14 bits per heavy atom. The number of benzene rings is 1. The van der Waals surface area contributed by atoms with Crippen LogP contribution >= 0.6 is 0 Å². The number of likely N-dealkylation sites (tertiary alicyclic amines) is 1. The van der Waals surface area contributed by atoms with Crippen molar-refractivity contribution in [1.82, 2.24) is 4.90 Å². The molecule has 2 amide bonds. The zero-order valence-electron chi connectivity index (χ0n) is 12.0. The van der Waals surface area contributed by atoms with Crippen molar-refractivity contribution >= 4 is 17.5 Å². The summed E-state index contributed by atoms with van der Waals surface area (Å²) in [5.41, 5.74) is 0.188. The van der Waals surface area contributed by atoms with Gasteiger partial charge in [0, 0.05) is 30.8 Å². The normalized spacial score (nSPS) is 19.7. The highest BCUT2D eigenvalue weighted by atomic mass is 19.2. The fourth-order valence-electron chi connectivity index (χ4n) is 2.37. The maximum atomic E-state index is 13.1. The van der Waals surface area contributed by atoms with Gasteiger partial charge in [-0.1, -0.05) is 6.92 Å². The van der Waals surface area contributed by atoms with Crippen LogP contribution in [0.25, 0.3) is 0 Å². The molecule has 0 spiro atoms. The molecule has 0 aliphatic carbocycles. The summed E-state index contributed by atoms with van der Waals surface area (Å²) in [4.78, 5) is 25.7. The lowest BCUT2D eigenvalue weighted by Gasteiger charge is -2.23. The molecular formula is C15H18F2N2O2. The quantitative estimate of drug-likeness (QED) is 0.928.